The minimum absolute atomic E-state index is 0.0202. The molecule has 0 aromatic heterocycles. The monoisotopic (exact) mass is 497 g/mol. The zero-order chi connectivity index (χ0) is 27.2. The molecule has 3 N–H and O–H groups in total. The molecule has 0 heterocycles. The van der Waals surface area contributed by atoms with Crippen LogP contribution in [0.5, 0.6) is 5.75 Å². The Morgan fingerprint density at radius 3 is 2.11 bits per heavy atom. The van der Waals surface area contributed by atoms with Crippen molar-refractivity contribution in [1.82, 2.24) is 10.2 Å². The number of benzene rings is 2. The average Bonchev–Trinajstić information content (AvgIpc) is 2.76. The van der Waals surface area contributed by atoms with Crippen LogP contribution >= 0.6 is 0 Å². The van der Waals surface area contributed by atoms with Crippen LogP contribution in [0.1, 0.15) is 64.3 Å². The summed E-state index contributed by atoms with van der Waals surface area (Å²) in [5.74, 6) is -1.14. The molecule has 3 amide bonds. The first kappa shape index (κ1) is 28.7. The number of phenolic OH excluding ortho intramolecular Hbond substituents is 1. The van der Waals surface area contributed by atoms with Crippen molar-refractivity contribution in [2.75, 3.05) is 11.9 Å². The van der Waals surface area contributed by atoms with E-state index in [1.807, 2.05) is 45.9 Å². The molecular formula is C28H39N3O5. The van der Waals surface area contributed by atoms with Gasteiger partial charge in [-0.1, -0.05) is 44.2 Å². The van der Waals surface area contributed by atoms with E-state index in [0.29, 0.717) is 11.3 Å². The second-order valence-corrected chi connectivity index (χ2v) is 10.2. The number of hydrogen-bond acceptors (Lipinski definition) is 5. The fourth-order valence-corrected chi connectivity index (χ4v) is 3.96. The number of rotatable bonds is 8. The summed E-state index contributed by atoms with van der Waals surface area (Å²) in [7, 11) is 0. The molecule has 196 valence electrons. The van der Waals surface area contributed by atoms with Crippen molar-refractivity contribution in [3.8, 4) is 5.75 Å². The lowest BCUT2D eigenvalue weighted by Gasteiger charge is -2.35. The number of amides is 3. The highest BCUT2D eigenvalue weighted by atomic mass is 16.6. The molecular weight excluding hydrogens is 458 g/mol. The standard InChI is InChI=1S/C28H39N3O5/c1-9-31(26(34)22(17(2)3)30-27(35)36-28(6,7)8)24(20-14-11-15-21(32)16-20)25(33)29-23-18(4)12-10-13-19(23)5/h10-17,22,24,32H,9H2,1-8H3,(H,29,33)(H,30,35). The van der Waals surface area contributed by atoms with Gasteiger partial charge in [-0.25, -0.2) is 4.79 Å². The molecule has 2 atom stereocenters. The van der Waals surface area contributed by atoms with Crippen molar-refractivity contribution >= 4 is 23.6 Å². The number of aryl methyl sites for hydroxylation is 2. The number of nitrogens with one attached hydrogen (secondary N) is 2. The maximum absolute atomic E-state index is 13.8. The molecule has 8 nitrogen and oxygen atoms in total. The highest BCUT2D eigenvalue weighted by molar-refractivity contribution is 6.00. The van der Waals surface area contributed by atoms with Gasteiger partial charge in [0.25, 0.3) is 5.91 Å². The van der Waals surface area contributed by atoms with E-state index in [-0.39, 0.29) is 18.2 Å². The lowest BCUT2D eigenvalue weighted by Crippen LogP contribution is -2.54. The quantitative estimate of drug-likeness (QED) is 0.471. The topological polar surface area (TPSA) is 108 Å². The number of aromatic hydroxyl groups is 1. The lowest BCUT2D eigenvalue weighted by atomic mass is 9.98. The molecule has 36 heavy (non-hydrogen) atoms. The fraction of sp³-hybridized carbons (Fsp3) is 0.464. The van der Waals surface area contributed by atoms with Gasteiger partial charge in [-0.15, -0.1) is 0 Å². The van der Waals surface area contributed by atoms with Gasteiger partial charge in [0.2, 0.25) is 5.91 Å². The molecule has 8 heteroatoms. The van der Waals surface area contributed by atoms with E-state index in [4.69, 9.17) is 4.74 Å². The van der Waals surface area contributed by atoms with Gasteiger partial charge in [0.1, 0.15) is 23.4 Å². The van der Waals surface area contributed by atoms with Crippen molar-refractivity contribution in [2.45, 2.75) is 73.1 Å². The number of carbonyl (C=O) groups excluding carboxylic acids is 3. The van der Waals surface area contributed by atoms with Gasteiger partial charge in [0, 0.05) is 12.2 Å². The summed E-state index contributed by atoms with van der Waals surface area (Å²) in [6, 6.07) is 10.0. The molecule has 2 rings (SSSR count). The molecule has 0 bridgehead atoms. The number of nitrogens with zero attached hydrogens (tertiary/aromatic N) is 1. The van der Waals surface area contributed by atoms with Crippen LogP contribution in [-0.4, -0.2) is 46.1 Å². The Balaban J connectivity index is 2.48. The first-order valence-corrected chi connectivity index (χ1v) is 12.2. The SMILES string of the molecule is CCN(C(=O)C(NC(=O)OC(C)(C)C)C(C)C)C(C(=O)Nc1c(C)cccc1C)c1cccc(O)c1. The van der Waals surface area contributed by atoms with Crippen LogP contribution < -0.4 is 10.6 Å². The first-order chi connectivity index (χ1) is 16.7. The Morgan fingerprint density at radius 2 is 1.61 bits per heavy atom. The zero-order valence-electron chi connectivity index (χ0n) is 22.5. The first-order valence-electron chi connectivity index (χ1n) is 12.2. The maximum Gasteiger partial charge on any atom is 0.408 e. The molecule has 0 aliphatic heterocycles. The second-order valence-electron chi connectivity index (χ2n) is 10.2. The molecule has 0 saturated carbocycles. The molecule has 0 aliphatic rings. The molecule has 0 radical (unpaired) electrons. The Kier molecular flexibility index (Phi) is 9.50. The van der Waals surface area contributed by atoms with Crippen molar-refractivity contribution in [3.05, 3.63) is 59.2 Å². The third kappa shape index (κ3) is 7.47. The van der Waals surface area contributed by atoms with E-state index in [2.05, 4.69) is 10.6 Å². The lowest BCUT2D eigenvalue weighted by molar-refractivity contribution is -0.141. The summed E-state index contributed by atoms with van der Waals surface area (Å²) < 4.78 is 5.36. The van der Waals surface area contributed by atoms with Crippen LogP contribution in [0, 0.1) is 19.8 Å². The molecule has 0 aliphatic carbocycles. The number of ether oxygens (including phenoxy) is 1. The second kappa shape index (κ2) is 11.9. The number of carbonyl (C=O) groups is 3. The van der Waals surface area contributed by atoms with E-state index >= 15 is 0 Å². The van der Waals surface area contributed by atoms with E-state index in [1.54, 1.807) is 39.8 Å². The van der Waals surface area contributed by atoms with Crippen LogP contribution in [0.15, 0.2) is 42.5 Å². The van der Waals surface area contributed by atoms with Crippen LogP contribution in [0.4, 0.5) is 10.5 Å². The number of alkyl carbamates (subject to hydrolysis) is 1. The normalized spacial score (nSPS) is 13.0. The Morgan fingerprint density at radius 1 is 1.03 bits per heavy atom. The summed E-state index contributed by atoms with van der Waals surface area (Å²) >= 11 is 0. The van der Waals surface area contributed by atoms with Gasteiger partial charge in [0.05, 0.1) is 0 Å². The van der Waals surface area contributed by atoms with Crippen LogP contribution in [0.25, 0.3) is 0 Å². The number of para-hydroxylation sites is 1. The third-order valence-corrected chi connectivity index (χ3v) is 5.70. The number of likely N-dealkylation sites (N-methyl/N-ethyl adjacent to an activating group) is 1. The summed E-state index contributed by atoms with van der Waals surface area (Å²) in [6.07, 6.45) is -0.709. The van der Waals surface area contributed by atoms with Gasteiger partial charge >= 0.3 is 6.09 Å². The summed E-state index contributed by atoms with van der Waals surface area (Å²) in [5.41, 5.74) is 2.17. The van der Waals surface area contributed by atoms with E-state index < -0.39 is 35.6 Å². The third-order valence-electron chi connectivity index (χ3n) is 5.70. The molecule has 2 unspecified atom stereocenters. The summed E-state index contributed by atoms with van der Waals surface area (Å²) in [5, 5.41) is 15.8. The van der Waals surface area contributed by atoms with Crippen molar-refractivity contribution < 1.29 is 24.2 Å². The predicted octanol–water partition coefficient (Wildman–Crippen LogP) is 5.09. The zero-order valence-corrected chi connectivity index (χ0v) is 22.5. The molecule has 0 fully saturated rings. The van der Waals surface area contributed by atoms with Gasteiger partial charge in [-0.2, -0.15) is 0 Å². The molecule has 2 aromatic rings. The predicted molar refractivity (Wildman–Crippen MR) is 141 cm³/mol. The maximum atomic E-state index is 13.8. The molecule has 2 aromatic carbocycles. The minimum atomic E-state index is -1.05. The van der Waals surface area contributed by atoms with Gasteiger partial charge in [0.15, 0.2) is 0 Å². The summed E-state index contributed by atoms with van der Waals surface area (Å²) in [4.78, 5) is 41.5. The number of hydrogen-bond donors (Lipinski definition) is 3. The van der Waals surface area contributed by atoms with E-state index in [0.717, 1.165) is 11.1 Å². The highest BCUT2D eigenvalue weighted by Crippen LogP contribution is 2.29. The van der Waals surface area contributed by atoms with Crippen LogP contribution in [0.3, 0.4) is 0 Å². The van der Waals surface area contributed by atoms with Crippen molar-refractivity contribution in [1.29, 1.82) is 0 Å². The fourth-order valence-electron chi connectivity index (χ4n) is 3.96. The molecule has 0 spiro atoms. The Bertz CT molecular complexity index is 1070. The van der Waals surface area contributed by atoms with Crippen LogP contribution in [0.2, 0.25) is 0 Å². The van der Waals surface area contributed by atoms with Gasteiger partial charge in [-0.3, -0.25) is 9.59 Å². The van der Waals surface area contributed by atoms with Crippen molar-refractivity contribution in [3.63, 3.8) is 0 Å². The smallest absolute Gasteiger partial charge is 0.408 e. The Hall–Kier alpha value is -3.55. The van der Waals surface area contributed by atoms with E-state index in [9.17, 15) is 19.5 Å². The van der Waals surface area contributed by atoms with Crippen molar-refractivity contribution in [2.24, 2.45) is 5.92 Å². The Labute approximate surface area is 214 Å². The highest BCUT2D eigenvalue weighted by Gasteiger charge is 2.37. The summed E-state index contributed by atoms with van der Waals surface area (Å²) in [6.45, 7) is 14.6. The van der Waals surface area contributed by atoms with E-state index in [1.165, 1.54) is 17.0 Å². The van der Waals surface area contributed by atoms with Gasteiger partial charge in [-0.05, 0) is 76.3 Å². The minimum Gasteiger partial charge on any atom is -0.508 e. The largest absolute Gasteiger partial charge is 0.508 e. The number of anilines is 1. The molecule has 0 saturated heterocycles. The average molecular weight is 498 g/mol. The van der Waals surface area contributed by atoms with Crippen LogP contribution in [-0.2, 0) is 14.3 Å². The van der Waals surface area contributed by atoms with Gasteiger partial charge < -0.3 is 25.4 Å². The number of phenols is 1.